The molecule has 0 saturated carbocycles. The van der Waals surface area contributed by atoms with Crippen LogP contribution in [0.5, 0.6) is 0 Å². The molecule has 1 unspecified atom stereocenters. The number of hydrogen-bond acceptors (Lipinski definition) is 5. The van der Waals surface area contributed by atoms with E-state index < -0.39 is 5.60 Å². The Morgan fingerprint density at radius 1 is 1.21 bits per heavy atom. The Labute approximate surface area is 164 Å². The summed E-state index contributed by atoms with van der Waals surface area (Å²) in [5.74, 6) is 0.645. The highest BCUT2D eigenvalue weighted by Gasteiger charge is 2.24. The van der Waals surface area contributed by atoms with Gasteiger partial charge in [0.2, 0.25) is 0 Å². The highest BCUT2D eigenvalue weighted by atomic mass is 16.3. The van der Waals surface area contributed by atoms with E-state index in [4.69, 9.17) is 0 Å². The van der Waals surface area contributed by atoms with E-state index in [0.29, 0.717) is 19.0 Å². The van der Waals surface area contributed by atoms with Crippen LogP contribution in [0.2, 0.25) is 0 Å². The Bertz CT molecular complexity index is 896. The summed E-state index contributed by atoms with van der Waals surface area (Å²) >= 11 is 0. The summed E-state index contributed by atoms with van der Waals surface area (Å²) in [6.07, 6.45) is 6.65. The molecule has 0 amide bonds. The van der Waals surface area contributed by atoms with Crippen molar-refractivity contribution in [2.24, 2.45) is 12.0 Å². The lowest BCUT2D eigenvalue weighted by molar-refractivity contribution is 0.0616. The minimum atomic E-state index is -1.05. The largest absolute Gasteiger partial charge is 0.383 e. The first-order chi connectivity index (χ1) is 13.5. The first-order valence-electron chi connectivity index (χ1n) is 9.15. The number of guanidine groups is 1. The molecule has 0 radical (unpaired) electrons. The van der Waals surface area contributed by atoms with E-state index in [2.05, 4.69) is 30.8 Å². The number of nitrogens with one attached hydrogen (secondary N) is 2. The minimum absolute atomic E-state index is 0.315. The van der Waals surface area contributed by atoms with Crippen LogP contribution in [0.25, 0.3) is 5.69 Å². The van der Waals surface area contributed by atoms with Crippen LogP contribution in [-0.4, -0.2) is 48.7 Å². The molecule has 148 valence electrons. The van der Waals surface area contributed by atoms with Crippen LogP contribution in [0, 0.1) is 0 Å². The number of rotatable bonds is 7. The molecule has 2 heterocycles. The summed E-state index contributed by atoms with van der Waals surface area (Å²) in [6, 6.07) is 7.98. The number of hydrogen-bond donors (Lipinski definition) is 3. The van der Waals surface area contributed by atoms with Gasteiger partial charge in [0.05, 0.1) is 25.0 Å². The summed E-state index contributed by atoms with van der Waals surface area (Å²) in [4.78, 5) is 8.56. The summed E-state index contributed by atoms with van der Waals surface area (Å²) in [5, 5.41) is 25.4. The number of aliphatic hydroxyl groups is 1. The average molecular weight is 382 g/mol. The van der Waals surface area contributed by atoms with Gasteiger partial charge in [0.15, 0.2) is 5.96 Å². The third kappa shape index (κ3) is 4.95. The molecular weight excluding hydrogens is 356 g/mol. The number of aliphatic imine (C=N–C) groups is 1. The monoisotopic (exact) mass is 382 g/mol. The van der Waals surface area contributed by atoms with E-state index in [0.717, 1.165) is 23.4 Å². The van der Waals surface area contributed by atoms with Crippen LogP contribution in [-0.2, 0) is 19.2 Å². The number of benzene rings is 1. The lowest BCUT2D eigenvalue weighted by Gasteiger charge is -2.23. The highest BCUT2D eigenvalue weighted by Crippen LogP contribution is 2.18. The van der Waals surface area contributed by atoms with Crippen molar-refractivity contribution < 1.29 is 5.11 Å². The topological polar surface area (TPSA) is 105 Å². The van der Waals surface area contributed by atoms with Crippen LogP contribution in [0.4, 0.5) is 0 Å². The minimum Gasteiger partial charge on any atom is -0.383 e. The van der Waals surface area contributed by atoms with Crippen molar-refractivity contribution in [3.63, 3.8) is 0 Å². The predicted molar refractivity (Wildman–Crippen MR) is 107 cm³/mol. The van der Waals surface area contributed by atoms with Crippen LogP contribution in [0.3, 0.4) is 0 Å². The first kappa shape index (κ1) is 19.6. The third-order valence-corrected chi connectivity index (χ3v) is 4.31. The molecule has 9 heteroatoms. The van der Waals surface area contributed by atoms with Crippen LogP contribution in [0.15, 0.2) is 54.3 Å². The van der Waals surface area contributed by atoms with Gasteiger partial charge < -0.3 is 15.7 Å². The van der Waals surface area contributed by atoms with Gasteiger partial charge in [-0.3, -0.25) is 4.68 Å². The van der Waals surface area contributed by atoms with Crippen LogP contribution in [0.1, 0.15) is 25.0 Å². The van der Waals surface area contributed by atoms with Crippen molar-refractivity contribution in [1.29, 1.82) is 0 Å². The molecule has 0 fully saturated rings. The maximum Gasteiger partial charge on any atom is 0.191 e. The molecule has 0 bridgehead atoms. The molecule has 0 saturated heterocycles. The zero-order valence-electron chi connectivity index (χ0n) is 16.4. The van der Waals surface area contributed by atoms with Gasteiger partial charge >= 0.3 is 0 Å². The summed E-state index contributed by atoms with van der Waals surface area (Å²) < 4.78 is 3.38. The Morgan fingerprint density at radius 2 is 2.00 bits per heavy atom. The summed E-state index contributed by atoms with van der Waals surface area (Å²) in [6.45, 7) is 5.32. The fraction of sp³-hybridized carbons (Fsp3) is 0.368. The van der Waals surface area contributed by atoms with E-state index in [9.17, 15) is 5.11 Å². The van der Waals surface area contributed by atoms with E-state index in [1.54, 1.807) is 28.8 Å². The fourth-order valence-electron chi connectivity index (χ4n) is 2.66. The van der Waals surface area contributed by atoms with Gasteiger partial charge in [-0.1, -0.05) is 12.1 Å². The second-order valence-electron chi connectivity index (χ2n) is 6.73. The standard InChI is InChI=1S/C19H26N8O/c1-4-21-18(23-12-19(2,28)16-10-24-26(3)11-16)22-9-15-5-7-17(8-6-15)27-14-20-13-25-27/h5-8,10-11,13-14,28H,4,9,12H2,1-3H3,(H2,21,22,23). The van der Waals surface area contributed by atoms with Crippen molar-refractivity contribution >= 4 is 5.96 Å². The lowest BCUT2D eigenvalue weighted by atomic mass is 10.00. The number of aromatic nitrogens is 5. The van der Waals surface area contributed by atoms with Gasteiger partial charge in [-0.15, -0.1) is 0 Å². The van der Waals surface area contributed by atoms with Crippen molar-refractivity contribution in [3.8, 4) is 5.69 Å². The Hall–Kier alpha value is -3.20. The second-order valence-corrected chi connectivity index (χ2v) is 6.73. The van der Waals surface area contributed by atoms with Crippen LogP contribution >= 0.6 is 0 Å². The first-order valence-corrected chi connectivity index (χ1v) is 9.15. The normalized spacial score (nSPS) is 13.9. The maximum absolute atomic E-state index is 10.7. The van der Waals surface area contributed by atoms with Crippen molar-refractivity contribution in [1.82, 2.24) is 35.2 Å². The molecule has 2 aromatic heterocycles. The molecule has 3 rings (SSSR count). The smallest absolute Gasteiger partial charge is 0.191 e. The van der Waals surface area contributed by atoms with E-state index >= 15 is 0 Å². The summed E-state index contributed by atoms with van der Waals surface area (Å²) in [7, 11) is 1.83. The lowest BCUT2D eigenvalue weighted by Crippen LogP contribution is -2.44. The molecule has 3 N–H and O–H groups in total. The zero-order valence-corrected chi connectivity index (χ0v) is 16.4. The fourth-order valence-corrected chi connectivity index (χ4v) is 2.66. The van der Waals surface area contributed by atoms with Gasteiger partial charge in [0.25, 0.3) is 0 Å². The maximum atomic E-state index is 10.7. The highest BCUT2D eigenvalue weighted by molar-refractivity contribution is 5.79. The average Bonchev–Trinajstić information content (AvgIpc) is 3.37. The predicted octanol–water partition coefficient (Wildman–Crippen LogP) is 0.964. The molecule has 0 aliphatic heterocycles. The molecule has 0 aliphatic carbocycles. The second kappa shape index (κ2) is 8.66. The summed E-state index contributed by atoms with van der Waals surface area (Å²) in [5.41, 5.74) is 1.72. The van der Waals surface area contributed by atoms with E-state index in [-0.39, 0.29) is 0 Å². The molecule has 3 aromatic rings. The zero-order chi connectivity index (χ0) is 20.0. The van der Waals surface area contributed by atoms with Gasteiger partial charge in [-0.05, 0) is 31.5 Å². The van der Waals surface area contributed by atoms with Gasteiger partial charge in [-0.25, -0.2) is 14.7 Å². The van der Waals surface area contributed by atoms with Gasteiger partial charge in [0.1, 0.15) is 18.3 Å². The molecule has 1 atom stereocenters. The van der Waals surface area contributed by atoms with Crippen molar-refractivity contribution in [3.05, 3.63) is 60.4 Å². The SMILES string of the molecule is CCNC(=NCc1ccc(-n2cncn2)cc1)NCC(C)(O)c1cnn(C)c1. The van der Waals surface area contributed by atoms with E-state index in [1.807, 2.05) is 44.4 Å². The quantitative estimate of drug-likeness (QED) is 0.415. The molecule has 28 heavy (non-hydrogen) atoms. The molecule has 0 aliphatic rings. The number of nitrogens with zero attached hydrogens (tertiary/aromatic N) is 6. The van der Waals surface area contributed by atoms with E-state index in [1.165, 1.54) is 6.33 Å². The van der Waals surface area contributed by atoms with Gasteiger partial charge in [-0.2, -0.15) is 10.2 Å². The third-order valence-electron chi connectivity index (χ3n) is 4.31. The Balaban J connectivity index is 1.62. The molecule has 0 spiro atoms. The van der Waals surface area contributed by atoms with Gasteiger partial charge in [0, 0.05) is 25.4 Å². The molecular formula is C19H26N8O. The molecule has 9 nitrogen and oxygen atoms in total. The molecule has 1 aromatic carbocycles. The van der Waals surface area contributed by atoms with Crippen LogP contribution < -0.4 is 10.6 Å². The van der Waals surface area contributed by atoms with Crippen molar-refractivity contribution in [2.75, 3.05) is 13.1 Å². The van der Waals surface area contributed by atoms with Crippen molar-refractivity contribution in [2.45, 2.75) is 26.0 Å². The number of aryl methyl sites for hydroxylation is 1. The Morgan fingerprint density at radius 3 is 2.61 bits per heavy atom. The Kier molecular flexibility index (Phi) is 6.05.